The molecule has 1 unspecified atom stereocenters. The third-order valence-corrected chi connectivity index (χ3v) is 3.83. The Balaban J connectivity index is 1.50. The third kappa shape index (κ3) is 3.14. The molecule has 0 bridgehead atoms. The van der Waals surface area contributed by atoms with Gasteiger partial charge in [-0.3, -0.25) is 4.79 Å². The van der Waals surface area contributed by atoms with Crippen LogP contribution in [0.15, 0.2) is 18.2 Å². The number of rotatable bonds is 4. The number of hydrogen-bond acceptors (Lipinski definition) is 3. The Hall–Kier alpha value is -1.39. The molecule has 19 heavy (non-hydrogen) atoms. The molecule has 102 valence electrons. The fourth-order valence-electron chi connectivity index (χ4n) is 2.74. The molecule has 3 rings (SSSR count). The summed E-state index contributed by atoms with van der Waals surface area (Å²) in [5, 5.41) is 6.30. The Morgan fingerprint density at radius 3 is 3.11 bits per heavy atom. The summed E-state index contributed by atoms with van der Waals surface area (Å²) < 4.78 is 5.47. The summed E-state index contributed by atoms with van der Waals surface area (Å²) in [6.45, 7) is 3.31. The molecular weight excluding hydrogens is 240 g/mol. The van der Waals surface area contributed by atoms with Crippen LogP contribution >= 0.6 is 0 Å². The van der Waals surface area contributed by atoms with Crippen LogP contribution in [0.1, 0.15) is 36.0 Å². The van der Waals surface area contributed by atoms with Crippen molar-refractivity contribution in [3.8, 4) is 0 Å². The van der Waals surface area contributed by atoms with Gasteiger partial charge in [0.1, 0.15) is 0 Å². The topological polar surface area (TPSA) is 50.4 Å². The number of benzene rings is 1. The highest BCUT2D eigenvalue weighted by Gasteiger charge is 2.18. The minimum Gasteiger partial charge on any atom is -0.378 e. The van der Waals surface area contributed by atoms with E-state index in [1.807, 2.05) is 0 Å². The summed E-state index contributed by atoms with van der Waals surface area (Å²) in [7, 11) is 0. The zero-order chi connectivity index (χ0) is 13.1. The normalized spacial score (nSPS) is 21.4. The van der Waals surface area contributed by atoms with Gasteiger partial charge in [0.2, 0.25) is 5.91 Å². The molecule has 1 aromatic rings. The number of hydrogen-bond donors (Lipinski definition) is 2. The summed E-state index contributed by atoms with van der Waals surface area (Å²) in [4.78, 5) is 11.8. The summed E-state index contributed by atoms with van der Waals surface area (Å²) in [6.07, 6.45) is 2.71. The van der Waals surface area contributed by atoms with Crippen LogP contribution in [-0.2, 0) is 29.2 Å². The second-order valence-corrected chi connectivity index (χ2v) is 5.32. The lowest BCUT2D eigenvalue weighted by molar-refractivity contribution is -0.123. The molecule has 0 radical (unpaired) electrons. The smallest absolute Gasteiger partial charge is 0.222 e. The summed E-state index contributed by atoms with van der Waals surface area (Å²) in [6, 6.07) is 6.43. The van der Waals surface area contributed by atoms with Crippen molar-refractivity contribution in [1.82, 2.24) is 10.6 Å². The van der Waals surface area contributed by atoms with Crippen LogP contribution in [0.2, 0.25) is 0 Å². The lowest BCUT2D eigenvalue weighted by Gasteiger charge is -2.10. The minimum absolute atomic E-state index is 0.0884. The first-order chi connectivity index (χ1) is 9.31. The number of amides is 1. The van der Waals surface area contributed by atoms with Crippen LogP contribution < -0.4 is 10.6 Å². The van der Waals surface area contributed by atoms with Gasteiger partial charge in [0.05, 0.1) is 12.5 Å². The van der Waals surface area contributed by atoms with Crippen molar-refractivity contribution in [2.45, 2.75) is 45.0 Å². The first-order valence-electron chi connectivity index (χ1n) is 7.01. The van der Waals surface area contributed by atoms with Crippen molar-refractivity contribution >= 4 is 5.91 Å². The highest BCUT2D eigenvalue weighted by molar-refractivity contribution is 5.76. The quantitative estimate of drug-likeness (QED) is 0.862. The Labute approximate surface area is 113 Å². The van der Waals surface area contributed by atoms with Gasteiger partial charge in [-0.25, -0.2) is 0 Å². The van der Waals surface area contributed by atoms with Gasteiger partial charge in [0, 0.05) is 26.2 Å². The van der Waals surface area contributed by atoms with Crippen molar-refractivity contribution in [3.05, 3.63) is 34.9 Å². The van der Waals surface area contributed by atoms with Crippen LogP contribution in [-0.4, -0.2) is 18.6 Å². The predicted octanol–water partition coefficient (Wildman–Crippen LogP) is 1.48. The predicted molar refractivity (Wildman–Crippen MR) is 72.4 cm³/mol. The zero-order valence-electron chi connectivity index (χ0n) is 11.1. The second kappa shape index (κ2) is 5.72. The third-order valence-electron chi connectivity index (χ3n) is 3.83. The van der Waals surface area contributed by atoms with E-state index in [-0.39, 0.29) is 12.0 Å². The van der Waals surface area contributed by atoms with E-state index in [2.05, 4.69) is 28.8 Å². The molecule has 0 aliphatic carbocycles. The molecule has 1 fully saturated rings. The number of ether oxygens (including phenoxy) is 1. The molecule has 1 aromatic carbocycles. The molecule has 4 nitrogen and oxygen atoms in total. The number of carbonyl (C=O) groups excluding carboxylic acids is 1. The van der Waals surface area contributed by atoms with Crippen molar-refractivity contribution < 1.29 is 9.53 Å². The van der Waals surface area contributed by atoms with Crippen molar-refractivity contribution in [2.75, 3.05) is 6.61 Å². The number of nitrogens with one attached hydrogen (secondary N) is 2. The molecule has 2 heterocycles. The molecule has 1 saturated heterocycles. The van der Waals surface area contributed by atoms with Gasteiger partial charge in [-0.15, -0.1) is 0 Å². The first-order valence-corrected chi connectivity index (χ1v) is 7.01. The SMILES string of the molecule is O=C(CC1CCCO1)NCc1ccc2c(c1)CNC2. The van der Waals surface area contributed by atoms with Crippen molar-refractivity contribution in [1.29, 1.82) is 0 Å². The number of fused-ring (bicyclic) bond motifs is 1. The van der Waals surface area contributed by atoms with Gasteiger partial charge >= 0.3 is 0 Å². The largest absolute Gasteiger partial charge is 0.378 e. The van der Waals surface area contributed by atoms with E-state index in [0.29, 0.717) is 13.0 Å². The summed E-state index contributed by atoms with van der Waals surface area (Å²) in [5.41, 5.74) is 3.89. The zero-order valence-corrected chi connectivity index (χ0v) is 11.1. The van der Waals surface area contributed by atoms with Gasteiger partial charge in [-0.2, -0.15) is 0 Å². The van der Waals surface area contributed by atoms with Gasteiger partial charge in [0.15, 0.2) is 0 Å². The van der Waals surface area contributed by atoms with E-state index in [1.165, 1.54) is 16.7 Å². The van der Waals surface area contributed by atoms with Gasteiger partial charge in [-0.1, -0.05) is 18.2 Å². The monoisotopic (exact) mass is 260 g/mol. The Morgan fingerprint density at radius 1 is 1.37 bits per heavy atom. The van der Waals surface area contributed by atoms with Gasteiger partial charge in [0.25, 0.3) is 0 Å². The molecule has 0 spiro atoms. The molecule has 1 amide bonds. The van der Waals surface area contributed by atoms with E-state index in [4.69, 9.17) is 4.74 Å². The molecule has 2 aliphatic heterocycles. The molecule has 4 heteroatoms. The highest BCUT2D eigenvalue weighted by atomic mass is 16.5. The highest BCUT2D eigenvalue weighted by Crippen LogP contribution is 2.17. The standard InChI is InChI=1S/C15H20N2O2/c18-15(7-14-2-1-5-19-14)17-8-11-3-4-12-9-16-10-13(12)6-11/h3-4,6,14,16H,1-2,5,7-10H2,(H,17,18). The van der Waals surface area contributed by atoms with E-state index in [9.17, 15) is 4.79 Å². The van der Waals surface area contributed by atoms with Crippen molar-refractivity contribution in [2.24, 2.45) is 0 Å². The summed E-state index contributed by atoms with van der Waals surface area (Å²) >= 11 is 0. The van der Waals surface area contributed by atoms with E-state index in [1.54, 1.807) is 0 Å². The lowest BCUT2D eigenvalue weighted by Crippen LogP contribution is -2.26. The fourth-order valence-corrected chi connectivity index (χ4v) is 2.74. The summed E-state index contributed by atoms with van der Waals surface area (Å²) in [5.74, 6) is 0.0884. The average molecular weight is 260 g/mol. The molecule has 0 aromatic heterocycles. The molecular formula is C15H20N2O2. The van der Waals surface area contributed by atoms with Crippen LogP contribution in [0.3, 0.4) is 0 Å². The van der Waals surface area contributed by atoms with Crippen LogP contribution in [0.5, 0.6) is 0 Å². The Kier molecular flexibility index (Phi) is 3.80. The van der Waals surface area contributed by atoms with Gasteiger partial charge < -0.3 is 15.4 Å². The first kappa shape index (κ1) is 12.6. The maximum atomic E-state index is 11.8. The van der Waals surface area contributed by atoms with Crippen LogP contribution in [0, 0.1) is 0 Å². The average Bonchev–Trinajstić information content (AvgIpc) is 3.06. The molecule has 0 saturated carbocycles. The Bertz CT molecular complexity index is 467. The molecule has 2 aliphatic rings. The molecule has 2 N–H and O–H groups in total. The van der Waals surface area contributed by atoms with E-state index >= 15 is 0 Å². The second-order valence-electron chi connectivity index (χ2n) is 5.32. The van der Waals surface area contributed by atoms with Crippen LogP contribution in [0.4, 0.5) is 0 Å². The Morgan fingerprint density at radius 2 is 2.26 bits per heavy atom. The minimum atomic E-state index is 0.0884. The number of carbonyl (C=O) groups is 1. The fraction of sp³-hybridized carbons (Fsp3) is 0.533. The van der Waals surface area contributed by atoms with Crippen molar-refractivity contribution in [3.63, 3.8) is 0 Å². The van der Waals surface area contributed by atoms with E-state index in [0.717, 1.165) is 32.5 Å². The maximum Gasteiger partial charge on any atom is 0.222 e. The van der Waals surface area contributed by atoms with Gasteiger partial charge in [-0.05, 0) is 29.5 Å². The lowest BCUT2D eigenvalue weighted by atomic mass is 10.1. The molecule has 1 atom stereocenters. The van der Waals surface area contributed by atoms with Crippen LogP contribution in [0.25, 0.3) is 0 Å². The van der Waals surface area contributed by atoms with E-state index < -0.39 is 0 Å². The maximum absolute atomic E-state index is 11.8.